The highest BCUT2D eigenvalue weighted by atomic mass is 16.4. The SMILES string of the molecule is CN(CCC(=O)O)C(=O)CNC(=O)CN. The molecule has 2 amide bonds. The Labute approximate surface area is 87.2 Å². The zero-order valence-corrected chi connectivity index (χ0v) is 8.52. The molecule has 7 nitrogen and oxygen atoms in total. The molecule has 4 N–H and O–H groups in total. The summed E-state index contributed by atoms with van der Waals surface area (Å²) >= 11 is 0. The number of nitrogens with two attached hydrogens (primary N) is 1. The predicted octanol–water partition coefficient (Wildman–Crippen LogP) is -2.01. The summed E-state index contributed by atoms with van der Waals surface area (Å²) in [6, 6.07) is 0. The van der Waals surface area contributed by atoms with E-state index in [0.717, 1.165) is 0 Å². The summed E-state index contributed by atoms with van der Waals surface area (Å²) in [6.45, 7) is -0.217. The number of carboxylic acid groups (broad SMARTS) is 1. The Morgan fingerprint density at radius 2 is 2.00 bits per heavy atom. The van der Waals surface area contributed by atoms with Gasteiger partial charge in [-0.3, -0.25) is 14.4 Å². The first-order valence-corrected chi connectivity index (χ1v) is 4.40. The van der Waals surface area contributed by atoms with Gasteiger partial charge in [-0.15, -0.1) is 0 Å². The van der Waals surface area contributed by atoms with E-state index in [1.54, 1.807) is 0 Å². The second-order valence-corrected chi connectivity index (χ2v) is 2.94. The molecule has 0 atom stereocenters. The van der Waals surface area contributed by atoms with Gasteiger partial charge in [0, 0.05) is 13.6 Å². The summed E-state index contributed by atoms with van der Waals surface area (Å²) in [4.78, 5) is 33.4. The molecule has 0 radical (unpaired) electrons. The number of amides is 2. The van der Waals surface area contributed by atoms with Crippen LogP contribution in [0.15, 0.2) is 0 Å². The zero-order chi connectivity index (χ0) is 11.8. The molecule has 0 aliphatic carbocycles. The lowest BCUT2D eigenvalue weighted by atomic mass is 10.4. The molecule has 0 saturated carbocycles. The molecule has 0 saturated heterocycles. The molecule has 0 unspecified atom stereocenters. The minimum atomic E-state index is -0.972. The summed E-state index contributed by atoms with van der Waals surface area (Å²) < 4.78 is 0. The van der Waals surface area contributed by atoms with Crippen molar-refractivity contribution >= 4 is 17.8 Å². The van der Waals surface area contributed by atoms with Gasteiger partial charge in [-0.2, -0.15) is 0 Å². The molecule has 0 aromatic carbocycles. The predicted molar refractivity (Wildman–Crippen MR) is 52.0 cm³/mol. The topological polar surface area (TPSA) is 113 Å². The van der Waals surface area contributed by atoms with Crippen molar-refractivity contribution in [2.45, 2.75) is 6.42 Å². The largest absolute Gasteiger partial charge is 0.481 e. The molecular weight excluding hydrogens is 202 g/mol. The minimum Gasteiger partial charge on any atom is -0.481 e. The maximum absolute atomic E-state index is 11.3. The molecule has 0 bridgehead atoms. The van der Waals surface area contributed by atoms with Gasteiger partial charge in [-0.25, -0.2) is 0 Å². The second kappa shape index (κ2) is 6.77. The van der Waals surface area contributed by atoms with Crippen molar-refractivity contribution in [3.8, 4) is 0 Å². The molecule has 15 heavy (non-hydrogen) atoms. The Morgan fingerprint density at radius 1 is 1.40 bits per heavy atom. The van der Waals surface area contributed by atoms with Crippen LogP contribution in [-0.2, 0) is 14.4 Å². The fraction of sp³-hybridized carbons (Fsp3) is 0.625. The number of likely N-dealkylation sites (N-methyl/N-ethyl adjacent to an activating group) is 1. The van der Waals surface area contributed by atoms with E-state index in [4.69, 9.17) is 10.8 Å². The van der Waals surface area contributed by atoms with Gasteiger partial charge in [-0.1, -0.05) is 0 Å². The molecule has 86 valence electrons. The van der Waals surface area contributed by atoms with Crippen molar-refractivity contribution in [2.75, 3.05) is 26.7 Å². The van der Waals surface area contributed by atoms with Crippen LogP contribution in [0.25, 0.3) is 0 Å². The van der Waals surface area contributed by atoms with E-state index in [0.29, 0.717) is 0 Å². The Morgan fingerprint density at radius 3 is 2.47 bits per heavy atom. The normalized spacial score (nSPS) is 9.47. The smallest absolute Gasteiger partial charge is 0.305 e. The standard InChI is InChI=1S/C8H15N3O4/c1-11(3-2-8(14)15)7(13)5-10-6(12)4-9/h2-5,9H2,1H3,(H,10,12)(H,14,15). The number of hydrogen-bond donors (Lipinski definition) is 3. The highest BCUT2D eigenvalue weighted by Gasteiger charge is 2.10. The van der Waals surface area contributed by atoms with Crippen molar-refractivity contribution in [3.63, 3.8) is 0 Å². The first-order chi connectivity index (χ1) is 6.97. The quantitative estimate of drug-likeness (QED) is 0.476. The van der Waals surface area contributed by atoms with Crippen molar-refractivity contribution in [2.24, 2.45) is 5.73 Å². The molecular formula is C8H15N3O4. The van der Waals surface area contributed by atoms with E-state index in [1.165, 1.54) is 11.9 Å². The fourth-order valence-corrected chi connectivity index (χ4v) is 0.769. The van der Waals surface area contributed by atoms with Gasteiger partial charge in [0.25, 0.3) is 0 Å². The first-order valence-electron chi connectivity index (χ1n) is 4.40. The molecule has 0 fully saturated rings. The van der Waals surface area contributed by atoms with Crippen LogP contribution in [0.4, 0.5) is 0 Å². The number of hydrogen-bond acceptors (Lipinski definition) is 4. The third-order valence-electron chi connectivity index (χ3n) is 1.71. The van der Waals surface area contributed by atoms with Crippen LogP contribution in [0.3, 0.4) is 0 Å². The van der Waals surface area contributed by atoms with Crippen LogP contribution < -0.4 is 11.1 Å². The summed E-state index contributed by atoms with van der Waals surface area (Å²) in [5.74, 6) is -1.74. The molecule has 0 aliphatic heterocycles. The van der Waals surface area contributed by atoms with Gasteiger partial charge in [0.1, 0.15) is 0 Å². The lowest BCUT2D eigenvalue weighted by Gasteiger charge is -2.15. The van der Waals surface area contributed by atoms with Crippen molar-refractivity contribution in [1.29, 1.82) is 0 Å². The minimum absolute atomic E-state index is 0.118. The van der Waals surface area contributed by atoms with Crippen LogP contribution in [0, 0.1) is 0 Å². The number of nitrogens with one attached hydrogen (secondary N) is 1. The van der Waals surface area contributed by atoms with Crippen molar-refractivity contribution < 1.29 is 19.5 Å². The van der Waals surface area contributed by atoms with E-state index in [1.807, 2.05) is 0 Å². The molecule has 0 rings (SSSR count). The van der Waals surface area contributed by atoms with E-state index < -0.39 is 11.9 Å². The molecule has 0 heterocycles. The van der Waals surface area contributed by atoms with Gasteiger partial charge >= 0.3 is 5.97 Å². The van der Waals surface area contributed by atoms with Gasteiger partial charge in [0.2, 0.25) is 11.8 Å². The van der Waals surface area contributed by atoms with Crippen LogP contribution in [0.5, 0.6) is 0 Å². The Kier molecular flexibility index (Phi) is 6.03. The number of carbonyl (C=O) groups excluding carboxylic acids is 2. The summed E-state index contributed by atoms with van der Waals surface area (Å²) in [5, 5.41) is 10.7. The molecule has 7 heteroatoms. The maximum Gasteiger partial charge on any atom is 0.305 e. The maximum atomic E-state index is 11.3. The van der Waals surface area contributed by atoms with E-state index in [2.05, 4.69) is 5.32 Å². The van der Waals surface area contributed by atoms with Crippen molar-refractivity contribution in [1.82, 2.24) is 10.2 Å². The lowest BCUT2D eigenvalue weighted by Crippen LogP contribution is -2.40. The van der Waals surface area contributed by atoms with Crippen LogP contribution in [-0.4, -0.2) is 54.5 Å². The second-order valence-electron chi connectivity index (χ2n) is 2.94. The monoisotopic (exact) mass is 217 g/mol. The number of carboxylic acids is 1. The van der Waals surface area contributed by atoms with Crippen molar-refractivity contribution in [3.05, 3.63) is 0 Å². The number of rotatable bonds is 6. The zero-order valence-electron chi connectivity index (χ0n) is 8.52. The third-order valence-corrected chi connectivity index (χ3v) is 1.71. The summed E-state index contributed by atoms with van der Waals surface area (Å²) in [7, 11) is 1.47. The number of carbonyl (C=O) groups is 3. The number of nitrogens with zero attached hydrogens (tertiary/aromatic N) is 1. The highest BCUT2D eigenvalue weighted by molar-refractivity contribution is 5.85. The van der Waals surface area contributed by atoms with Gasteiger partial charge in [0.15, 0.2) is 0 Å². The third kappa shape index (κ3) is 6.44. The average Bonchev–Trinajstić information content (AvgIpc) is 2.21. The van der Waals surface area contributed by atoms with Gasteiger partial charge < -0.3 is 21.1 Å². The molecule has 0 aromatic rings. The van der Waals surface area contributed by atoms with E-state index in [-0.39, 0.29) is 32.0 Å². The Hall–Kier alpha value is -1.63. The first kappa shape index (κ1) is 13.4. The van der Waals surface area contributed by atoms with E-state index >= 15 is 0 Å². The Balaban J connectivity index is 3.79. The lowest BCUT2D eigenvalue weighted by molar-refractivity contribution is -0.138. The van der Waals surface area contributed by atoms with Gasteiger partial charge in [-0.05, 0) is 0 Å². The summed E-state index contributed by atoms with van der Waals surface area (Å²) in [6.07, 6.45) is -0.118. The average molecular weight is 217 g/mol. The van der Waals surface area contributed by atoms with Gasteiger partial charge in [0.05, 0.1) is 19.5 Å². The van der Waals surface area contributed by atoms with Crippen LogP contribution in [0.2, 0.25) is 0 Å². The molecule has 0 aromatic heterocycles. The Bertz CT molecular complexity index is 254. The summed E-state index contributed by atoms with van der Waals surface area (Å²) in [5.41, 5.74) is 5.02. The van der Waals surface area contributed by atoms with Crippen LogP contribution >= 0.6 is 0 Å². The molecule has 0 spiro atoms. The number of aliphatic carboxylic acids is 1. The fourth-order valence-electron chi connectivity index (χ4n) is 0.769. The highest BCUT2D eigenvalue weighted by Crippen LogP contribution is 1.88. The van der Waals surface area contributed by atoms with Crippen LogP contribution in [0.1, 0.15) is 6.42 Å². The molecule has 0 aliphatic rings. The van der Waals surface area contributed by atoms with E-state index in [9.17, 15) is 14.4 Å².